The van der Waals surface area contributed by atoms with Gasteiger partial charge >= 0.3 is 0 Å². The summed E-state index contributed by atoms with van der Waals surface area (Å²) in [5.74, 6) is 1.18. The Balaban J connectivity index is 2.00. The molecule has 0 aliphatic heterocycles. The van der Waals surface area contributed by atoms with E-state index in [9.17, 15) is 5.11 Å². The van der Waals surface area contributed by atoms with E-state index in [0.717, 1.165) is 21.4 Å². The lowest BCUT2D eigenvalue weighted by Crippen LogP contribution is -2.01. The molecule has 0 aliphatic rings. The Morgan fingerprint density at radius 1 is 1.05 bits per heavy atom. The molecule has 2 aromatic carbocycles. The van der Waals surface area contributed by atoms with Crippen LogP contribution in [0.25, 0.3) is 11.4 Å². The molecule has 3 nitrogen and oxygen atoms in total. The molecule has 0 spiro atoms. The summed E-state index contributed by atoms with van der Waals surface area (Å²) in [4.78, 5) is 4.42. The predicted octanol–water partition coefficient (Wildman–Crippen LogP) is 4.07. The van der Waals surface area contributed by atoms with Gasteiger partial charge in [0.1, 0.15) is 11.6 Å². The molecule has 1 heterocycles. The zero-order valence-electron chi connectivity index (χ0n) is 10.7. The first kappa shape index (κ1) is 12.9. The van der Waals surface area contributed by atoms with Crippen LogP contribution in [0.2, 0.25) is 0 Å². The summed E-state index contributed by atoms with van der Waals surface area (Å²) >= 11 is 3.55. The Kier molecular flexibility index (Phi) is 3.56. The molecule has 0 fully saturated rings. The number of aromatic nitrogens is 2. The van der Waals surface area contributed by atoms with Crippen LogP contribution in [0, 0.1) is 0 Å². The predicted molar refractivity (Wildman–Crippen MR) is 82.6 cm³/mol. The molecular weight excluding hydrogens is 316 g/mol. The maximum atomic E-state index is 9.88. The quantitative estimate of drug-likeness (QED) is 0.787. The van der Waals surface area contributed by atoms with Crippen molar-refractivity contribution in [1.82, 2.24) is 9.55 Å². The summed E-state index contributed by atoms with van der Waals surface area (Å²) in [6, 6.07) is 15.3. The van der Waals surface area contributed by atoms with E-state index < -0.39 is 0 Å². The Morgan fingerprint density at radius 2 is 1.80 bits per heavy atom. The second kappa shape index (κ2) is 5.51. The van der Waals surface area contributed by atoms with Gasteiger partial charge in [-0.05, 0) is 12.1 Å². The summed E-state index contributed by atoms with van der Waals surface area (Å²) in [5, 5.41) is 9.88. The summed E-state index contributed by atoms with van der Waals surface area (Å²) < 4.78 is 3.03. The van der Waals surface area contributed by atoms with Crippen LogP contribution in [0.15, 0.2) is 65.4 Å². The highest BCUT2D eigenvalue weighted by Crippen LogP contribution is 2.27. The van der Waals surface area contributed by atoms with Gasteiger partial charge in [0.05, 0.1) is 6.54 Å². The monoisotopic (exact) mass is 328 g/mol. The molecule has 4 heteroatoms. The smallest absolute Gasteiger partial charge is 0.141 e. The molecule has 0 saturated heterocycles. The summed E-state index contributed by atoms with van der Waals surface area (Å²) in [5.41, 5.74) is 1.91. The Hall–Kier alpha value is -2.07. The molecule has 3 aromatic rings. The Morgan fingerprint density at radius 3 is 2.60 bits per heavy atom. The number of aromatic hydroxyl groups is 1. The molecule has 0 aliphatic carbocycles. The number of imidazole rings is 1. The number of halogens is 1. The van der Waals surface area contributed by atoms with Crippen LogP contribution < -0.4 is 0 Å². The van der Waals surface area contributed by atoms with E-state index in [4.69, 9.17) is 0 Å². The van der Waals surface area contributed by atoms with E-state index in [2.05, 4.69) is 20.9 Å². The third-order valence-electron chi connectivity index (χ3n) is 3.16. The van der Waals surface area contributed by atoms with Crippen LogP contribution in [0.4, 0.5) is 0 Å². The highest BCUT2D eigenvalue weighted by molar-refractivity contribution is 9.10. The molecule has 0 saturated carbocycles. The minimum absolute atomic E-state index is 0.305. The standard InChI is InChI=1S/C16H13BrN2O/c17-14-7-3-2-6-13(14)16-18-9-10-19(16)11-12-5-1-4-8-15(12)20/h1-10,20H,11H2. The van der Waals surface area contributed by atoms with Gasteiger partial charge in [-0.3, -0.25) is 0 Å². The third kappa shape index (κ3) is 2.47. The van der Waals surface area contributed by atoms with E-state index in [1.54, 1.807) is 12.3 Å². The van der Waals surface area contributed by atoms with Crippen molar-refractivity contribution in [3.05, 3.63) is 71.0 Å². The molecule has 0 amide bonds. The van der Waals surface area contributed by atoms with Crippen molar-refractivity contribution in [2.45, 2.75) is 6.54 Å². The Bertz CT molecular complexity index is 737. The van der Waals surface area contributed by atoms with E-state index in [-0.39, 0.29) is 0 Å². The fourth-order valence-corrected chi connectivity index (χ4v) is 2.61. The molecule has 3 rings (SSSR count). The van der Waals surface area contributed by atoms with Crippen LogP contribution in [0.5, 0.6) is 5.75 Å². The highest BCUT2D eigenvalue weighted by Gasteiger charge is 2.10. The van der Waals surface area contributed by atoms with Crippen molar-refractivity contribution in [3.63, 3.8) is 0 Å². The van der Waals surface area contributed by atoms with Crippen LogP contribution in [-0.4, -0.2) is 14.7 Å². The van der Waals surface area contributed by atoms with Crippen LogP contribution in [0.3, 0.4) is 0 Å². The van der Waals surface area contributed by atoms with Crippen LogP contribution in [0.1, 0.15) is 5.56 Å². The van der Waals surface area contributed by atoms with E-state index in [1.807, 2.05) is 53.2 Å². The zero-order chi connectivity index (χ0) is 13.9. The average Bonchev–Trinajstić information content (AvgIpc) is 2.90. The first-order valence-corrected chi connectivity index (χ1v) is 7.08. The maximum Gasteiger partial charge on any atom is 0.141 e. The molecule has 0 unspecified atom stereocenters. The number of hydrogen-bond acceptors (Lipinski definition) is 2. The van der Waals surface area contributed by atoms with Crippen molar-refractivity contribution in [2.75, 3.05) is 0 Å². The summed E-state index contributed by atoms with van der Waals surface area (Å²) in [7, 11) is 0. The van der Waals surface area contributed by atoms with Gasteiger partial charge < -0.3 is 9.67 Å². The molecule has 0 bridgehead atoms. The second-order valence-corrected chi connectivity index (χ2v) is 5.34. The lowest BCUT2D eigenvalue weighted by molar-refractivity contribution is 0.466. The van der Waals surface area contributed by atoms with Crippen LogP contribution in [-0.2, 0) is 6.54 Å². The highest BCUT2D eigenvalue weighted by atomic mass is 79.9. The number of phenolic OH excluding ortho intramolecular Hbond substituents is 1. The van der Waals surface area contributed by atoms with E-state index in [0.29, 0.717) is 12.3 Å². The van der Waals surface area contributed by atoms with Crippen LogP contribution >= 0.6 is 15.9 Å². The number of nitrogens with zero attached hydrogens (tertiary/aromatic N) is 2. The average molecular weight is 329 g/mol. The number of phenols is 1. The van der Waals surface area contributed by atoms with E-state index in [1.165, 1.54) is 0 Å². The summed E-state index contributed by atoms with van der Waals surface area (Å²) in [6.45, 7) is 0.587. The van der Waals surface area contributed by atoms with Gasteiger partial charge in [-0.1, -0.05) is 52.3 Å². The van der Waals surface area contributed by atoms with E-state index >= 15 is 0 Å². The first-order chi connectivity index (χ1) is 9.75. The molecule has 1 N–H and O–H groups in total. The fourth-order valence-electron chi connectivity index (χ4n) is 2.15. The van der Waals surface area contributed by atoms with Crippen molar-refractivity contribution >= 4 is 15.9 Å². The minimum Gasteiger partial charge on any atom is -0.508 e. The number of para-hydroxylation sites is 1. The fraction of sp³-hybridized carbons (Fsp3) is 0.0625. The lowest BCUT2D eigenvalue weighted by atomic mass is 10.2. The molecule has 0 radical (unpaired) electrons. The van der Waals surface area contributed by atoms with Gasteiger partial charge in [0, 0.05) is 28.0 Å². The third-order valence-corrected chi connectivity index (χ3v) is 3.85. The SMILES string of the molecule is Oc1ccccc1Cn1ccnc1-c1ccccc1Br. The van der Waals surface area contributed by atoms with Gasteiger partial charge in [0.25, 0.3) is 0 Å². The molecular formula is C16H13BrN2O. The van der Waals surface area contributed by atoms with Gasteiger partial charge in [-0.25, -0.2) is 4.98 Å². The maximum absolute atomic E-state index is 9.88. The molecule has 100 valence electrons. The summed E-state index contributed by atoms with van der Waals surface area (Å²) in [6.07, 6.45) is 3.69. The number of benzene rings is 2. The first-order valence-electron chi connectivity index (χ1n) is 6.28. The second-order valence-electron chi connectivity index (χ2n) is 4.49. The normalized spacial score (nSPS) is 10.7. The van der Waals surface area contributed by atoms with Crippen molar-refractivity contribution in [3.8, 4) is 17.1 Å². The Labute approximate surface area is 125 Å². The molecule has 0 atom stereocenters. The minimum atomic E-state index is 0.305. The zero-order valence-corrected chi connectivity index (χ0v) is 12.3. The van der Waals surface area contributed by atoms with Gasteiger partial charge in [-0.15, -0.1) is 0 Å². The largest absolute Gasteiger partial charge is 0.508 e. The lowest BCUT2D eigenvalue weighted by Gasteiger charge is -2.10. The van der Waals surface area contributed by atoms with Gasteiger partial charge in [0.2, 0.25) is 0 Å². The molecule has 20 heavy (non-hydrogen) atoms. The van der Waals surface area contributed by atoms with Crippen molar-refractivity contribution < 1.29 is 5.11 Å². The van der Waals surface area contributed by atoms with Crippen molar-refractivity contribution in [1.29, 1.82) is 0 Å². The topological polar surface area (TPSA) is 38.0 Å². The van der Waals surface area contributed by atoms with Gasteiger partial charge in [-0.2, -0.15) is 0 Å². The number of rotatable bonds is 3. The van der Waals surface area contributed by atoms with Crippen molar-refractivity contribution in [2.24, 2.45) is 0 Å². The molecule has 1 aromatic heterocycles. The van der Waals surface area contributed by atoms with Gasteiger partial charge in [0.15, 0.2) is 0 Å². The number of hydrogen-bond donors (Lipinski definition) is 1.